The van der Waals surface area contributed by atoms with Crippen LogP contribution in [0.3, 0.4) is 0 Å². The Hall–Kier alpha value is -1.89. The number of pyridine rings is 1. The standard InChI is InChI=1S/C12H13F3N4/c1-11(2,16)10-6-17-7-19(10)8-3-4-9(18-5-8)12(13,14)15/h3-7H,16H2,1-2H3. The van der Waals surface area contributed by atoms with Crippen molar-refractivity contribution in [2.45, 2.75) is 25.6 Å². The SMILES string of the molecule is CC(C)(N)c1cncn1-c1ccc(C(F)(F)F)nc1. The van der Waals surface area contributed by atoms with E-state index in [-0.39, 0.29) is 0 Å². The summed E-state index contributed by atoms with van der Waals surface area (Å²) in [5.74, 6) is 0. The zero-order valence-electron chi connectivity index (χ0n) is 10.4. The molecule has 2 N–H and O–H groups in total. The summed E-state index contributed by atoms with van der Waals surface area (Å²) in [4.78, 5) is 7.38. The first kappa shape index (κ1) is 13.5. The highest BCUT2D eigenvalue weighted by Gasteiger charge is 2.32. The van der Waals surface area contributed by atoms with Crippen molar-refractivity contribution in [3.8, 4) is 5.69 Å². The van der Waals surface area contributed by atoms with Crippen molar-refractivity contribution < 1.29 is 13.2 Å². The molecule has 0 aliphatic carbocycles. The fourth-order valence-corrected chi connectivity index (χ4v) is 1.67. The predicted octanol–water partition coefficient (Wildman–Crippen LogP) is 2.48. The Labute approximate surface area is 108 Å². The second-order valence-corrected chi connectivity index (χ2v) is 4.77. The van der Waals surface area contributed by atoms with E-state index in [4.69, 9.17) is 5.73 Å². The van der Waals surface area contributed by atoms with Crippen molar-refractivity contribution in [2.24, 2.45) is 5.73 Å². The van der Waals surface area contributed by atoms with Gasteiger partial charge in [0.15, 0.2) is 0 Å². The maximum atomic E-state index is 12.4. The smallest absolute Gasteiger partial charge is 0.321 e. The molecule has 0 atom stereocenters. The Morgan fingerprint density at radius 3 is 2.32 bits per heavy atom. The third-order valence-corrected chi connectivity index (χ3v) is 2.62. The minimum atomic E-state index is -4.44. The molecule has 0 bridgehead atoms. The Morgan fingerprint density at radius 2 is 1.84 bits per heavy atom. The van der Waals surface area contributed by atoms with Crippen molar-refractivity contribution in [2.75, 3.05) is 0 Å². The van der Waals surface area contributed by atoms with E-state index in [2.05, 4.69) is 9.97 Å². The van der Waals surface area contributed by atoms with E-state index in [0.29, 0.717) is 11.4 Å². The van der Waals surface area contributed by atoms with Crippen molar-refractivity contribution in [1.29, 1.82) is 0 Å². The Balaban J connectivity index is 2.42. The van der Waals surface area contributed by atoms with Crippen molar-refractivity contribution in [3.05, 3.63) is 42.2 Å². The molecule has 0 unspecified atom stereocenters. The van der Waals surface area contributed by atoms with Crippen LogP contribution in [-0.2, 0) is 11.7 Å². The molecule has 2 heterocycles. The minimum absolute atomic E-state index is 0.485. The van der Waals surface area contributed by atoms with Gasteiger partial charge in [-0.25, -0.2) is 9.97 Å². The fraction of sp³-hybridized carbons (Fsp3) is 0.333. The normalized spacial score (nSPS) is 12.7. The second-order valence-electron chi connectivity index (χ2n) is 4.77. The maximum absolute atomic E-state index is 12.4. The number of nitrogens with zero attached hydrogens (tertiary/aromatic N) is 3. The van der Waals surface area contributed by atoms with Crippen LogP contribution in [0.15, 0.2) is 30.9 Å². The van der Waals surface area contributed by atoms with Gasteiger partial charge in [0.1, 0.15) is 5.69 Å². The molecule has 2 rings (SSSR count). The lowest BCUT2D eigenvalue weighted by Gasteiger charge is -2.20. The summed E-state index contributed by atoms with van der Waals surface area (Å²) in [6, 6.07) is 2.27. The van der Waals surface area contributed by atoms with Crippen LogP contribution in [-0.4, -0.2) is 14.5 Å². The van der Waals surface area contributed by atoms with Crippen LogP contribution < -0.4 is 5.73 Å². The topological polar surface area (TPSA) is 56.7 Å². The van der Waals surface area contributed by atoms with E-state index in [9.17, 15) is 13.2 Å². The second kappa shape index (κ2) is 4.34. The van der Waals surface area contributed by atoms with Gasteiger partial charge in [-0.05, 0) is 26.0 Å². The van der Waals surface area contributed by atoms with Gasteiger partial charge in [0.2, 0.25) is 0 Å². The molecule has 0 aliphatic rings. The number of alkyl halides is 3. The van der Waals surface area contributed by atoms with Gasteiger partial charge in [0.05, 0.1) is 35.6 Å². The van der Waals surface area contributed by atoms with Crippen LogP contribution in [0, 0.1) is 0 Å². The highest BCUT2D eigenvalue weighted by molar-refractivity contribution is 5.34. The van der Waals surface area contributed by atoms with Gasteiger partial charge in [-0.1, -0.05) is 0 Å². The van der Waals surface area contributed by atoms with Crippen molar-refractivity contribution in [1.82, 2.24) is 14.5 Å². The molecule has 0 amide bonds. The lowest BCUT2D eigenvalue weighted by molar-refractivity contribution is -0.141. The average Bonchev–Trinajstić information content (AvgIpc) is 2.76. The lowest BCUT2D eigenvalue weighted by Crippen LogP contribution is -2.31. The quantitative estimate of drug-likeness (QED) is 0.912. The van der Waals surface area contributed by atoms with Crippen LogP contribution >= 0.6 is 0 Å². The number of aromatic nitrogens is 3. The average molecular weight is 270 g/mol. The van der Waals surface area contributed by atoms with Crippen LogP contribution in [0.5, 0.6) is 0 Å². The molecule has 7 heteroatoms. The molecule has 0 aliphatic heterocycles. The largest absolute Gasteiger partial charge is 0.433 e. The van der Waals surface area contributed by atoms with E-state index in [1.807, 2.05) is 0 Å². The molecule has 19 heavy (non-hydrogen) atoms. The molecule has 2 aromatic rings. The molecular weight excluding hydrogens is 257 g/mol. The third-order valence-electron chi connectivity index (χ3n) is 2.62. The van der Waals surface area contributed by atoms with Gasteiger partial charge in [0.25, 0.3) is 0 Å². The van der Waals surface area contributed by atoms with E-state index < -0.39 is 17.4 Å². The molecule has 0 radical (unpaired) electrons. The Kier molecular flexibility index (Phi) is 3.09. The predicted molar refractivity (Wildman–Crippen MR) is 63.6 cm³/mol. The van der Waals surface area contributed by atoms with E-state index in [0.717, 1.165) is 12.3 Å². The number of hydrogen-bond donors (Lipinski definition) is 1. The van der Waals surface area contributed by atoms with E-state index in [1.54, 1.807) is 24.6 Å². The van der Waals surface area contributed by atoms with Gasteiger partial charge >= 0.3 is 6.18 Å². The van der Waals surface area contributed by atoms with Crippen LogP contribution in [0.2, 0.25) is 0 Å². The first-order valence-corrected chi connectivity index (χ1v) is 5.55. The zero-order valence-corrected chi connectivity index (χ0v) is 10.4. The number of imidazole rings is 1. The zero-order chi connectivity index (χ0) is 14.3. The third kappa shape index (κ3) is 2.76. The van der Waals surface area contributed by atoms with Gasteiger partial charge in [0, 0.05) is 0 Å². The van der Waals surface area contributed by atoms with Crippen LogP contribution in [0.25, 0.3) is 5.69 Å². The molecular formula is C12H13F3N4. The van der Waals surface area contributed by atoms with E-state index in [1.165, 1.54) is 12.4 Å². The van der Waals surface area contributed by atoms with Crippen LogP contribution in [0.1, 0.15) is 25.2 Å². The highest BCUT2D eigenvalue weighted by Crippen LogP contribution is 2.28. The summed E-state index contributed by atoms with van der Waals surface area (Å²) < 4.78 is 38.9. The number of rotatable bonds is 2. The number of halogens is 3. The van der Waals surface area contributed by atoms with Gasteiger partial charge < -0.3 is 5.73 Å². The molecule has 0 saturated heterocycles. The van der Waals surface area contributed by atoms with E-state index >= 15 is 0 Å². The van der Waals surface area contributed by atoms with Crippen molar-refractivity contribution in [3.63, 3.8) is 0 Å². The molecule has 0 aromatic carbocycles. The summed E-state index contributed by atoms with van der Waals surface area (Å²) in [7, 11) is 0. The lowest BCUT2D eigenvalue weighted by atomic mass is 10.0. The summed E-state index contributed by atoms with van der Waals surface area (Å²) in [6.07, 6.45) is -0.213. The monoisotopic (exact) mass is 270 g/mol. The van der Waals surface area contributed by atoms with Gasteiger partial charge in [-0.15, -0.1) is 0 Å². The molecule has 0 saturated carbocycles. The summed E-state index contributed by atoms with van der Waals surface area (Å²) >= 11 is 0. The van der Waals surface area contributed by atoms with Gasteiger partial charge in [-0.2, -0.15) is 13.2 Å². The fourth-order valence-electron chi connectivity index (χ4n) is 1.67. The highest BCUT2D eigenvalue weighted by atomic mass is 19.4. The Morgan fingerprint density at radius 1 is 1.16 bits per heavy atom. The molecule has 0 fully saturated rings. The minimum Gasteiger partial charge on any atom is -0.321 e. The summed E-state index contributed by atoms with van der Waals surface area (Å²) in [5, 5.41) is 0. The van der Waals surface area contributed by atoms with Crippen molar-refractivity contribution >= 4 is 0 Å². The molecule has 102 valence electrons. The first-order valence-electron chi connectivity index (χ1n) is 5.55. The Bertz CT molecular complexity index is 564. The number of nitrogens with two attached hydrogens (primary N) is 1. The number of hydrogen-bond acceptors (Lipinski definition) is 3. The first-order chi connectivity index (χ1) is 8.69. The summed E-state index contributed by atoms with van der Waals surface area (Å²) in [6.45, 7) is 3.58. The molecule has 2 aromatic heterocycles. The van der Waals surface area contributed by atoms with Gasteiger partial charge in [-0.3, -0.25) is 4.57 Å². The molecule has 0 spiro atoms. The summed E-state index contributed by atoms with van der Waals surface area (Å²) in [5.41, 5.74) is 5.57. The maximum Gasteiger partial charge on any atom is 0.433 e. The van der Waals surface area contributed by atoms with Crippen LogP contribution in [0.4, 0.5) is 13.2 Å². The molecule has 4 nitrogen and oxygen atoms in total.